The average molecular weight is 258 g/mol. The van der Waals surface area contributed by atoms with Gasteiger partial charge in [0.25, 0.3) is 0 Å². The number of carboxylic acids is 1. The van der Waals surface area contributed by atoms with Gasteiger partial charge in [-0.1, -0.05) is 13.8 Å². The molecule has 0 radical (unpaired) electrons. The normalized spacial score (nSPS) is 18.6. The van der Waals surface area contributed by atoms with E-state index in [-0.39, 0.29) is 12.3 Å². The van der Waals surface area contributed by atoms with Crippen LogP contribution >= 0.6 is 0 Å². The Morgan fingerprint density at radius 3 is 2.44 bits per heavy atom. The summed E-state index contributed by atoms with van der Waals surface area (Å²) in [7, 11) is 0. The lowest BCUT2D eigenvalue weighted by Crippen LogP contribution is -2.57. The van der Waals surface area contributed by atoms with Gasteiger partial charge in [0.05, 0.1) is 0 Å². The highest BCUT2D eigenvalue weighted by molar-refractivity contribution is 5.87. The predicted octanol–water partition coefficient (Wildman–Crippen LogP) is 0.125. The van der Waals surface area contributed by atoms with Crippen molar-refractivity contribution in [2.45, 2.75) is 44.7 Å². The Bertz CT molecular complexity index is 298. The smallest absolute Gasteiger partial charge is 0.329 e. The zero-order valence-corrected chi connectivity index (χ0v) is 11.0. The summed E-state index contributed by atoms with van der Waals surface area (Å²) in [6.07, 6.45) is 0.936. The third-order valence-electron chi connectivity index (χ3n) is 3.04. The summed E-state index contributed by atoms with van der Waals surface area (Å²) in [6, 6.07) is 0.314. The molecule has 1 saturated heterocycles. The Labute approximate surface area is 107 Å². The number of carboxylic acid groups (broad SMARTS) is 1. The molecule has 1 amide bonds. The highest BCUT2D eigenvalue weighted by Crippen LogP contribution is 2.21. The van der Waals surface area contributed by atoms with Gasteiger partial charge in [0, 0.05) is 45.1 Å². The van der Waals surface area contributed by atoms with Crippen molar-refractivity contribution in [3.63, 3.8) is 0 Å². The van der Waals surface area contributed by atoms with E-state index >= 15 is 0 Å². The van der Waals surface area contributed by atoms with Crippen LogP contribution in [0.5, 0.6) is 0 Å². The Morgan fingerprint density at radius 1 is 1.33 bits per heavy atom. The number of hydrogen-bond donors (Lipinski definition) is 3. The van der Waals surface area contributed by atoms with Crippen LogP contribution in [0.2, 0.25) is 0 Å². The number of ether oxygens (including phenoxy) is 1. The van der Waals surface area contributed by atoms with Crippen LogP contribution in [0.15, 0.2) is 0 Å². The molecule has 0 unspecified atom stereocenters. The van der Waals surface area contributed by atoms with Gasteiger partial charge in [0.1, 0.15) is 5.54 Å². The molecule has 1 heterocycles. The first-order valence-corrected chi connectivity index (χ1v) is 6.32. The maximum absolute atomic E-state index is 11.7. The number of carbonyl (C=O) groups is 2. The monoisotopic (exact) mass is 258 g/mol. The lowest BCUT2D eigenvalue weighted by Gasteiger charge is -2.33. The molecule has 6 nitrogen and oxygen atoms in total. The van der Waals surface area contributed by atoms with Crippen molar-refractivity contribution in [2.75, 3.05) is 19.8 Å². The minimum Gasteiger partial charge on any atom is -0.480 e. The molecule has 0 bridgehead atoms. The van der Waals surface area contributed by atoms with Gasteiger partial charge >= 0.3 is 5.97 Å². The fraction of sp³-hybridized carbons (Fsp3) is 0.833. The molecular formula is C12H22N2O4. The second-order valence-corrected chi connectivity index (χ2v) is 4.91. The molecule has 1 aliphatic rings. The summed E-state index contributed by atoms with van der Waals surface area (Å²) in [4.78, 5) is 23.1. The fourth-order valence-corrected chi connectivity index (χ4v) is 1.92. The van der Waals surface area contributed by atoms with Crippen LogP contribution in [0.1, 0.15) is 33.1 Å². The van der Waals surface area contributed by atoms with Gasteiger partial charge in [0.2, 0.25) is 5.91 Å². The van der Waals surface area contributed by atoms with Crippen LogP contribution in [-0.2, 0) is 14.3 Å². The first kappa shape index (κ1) is 14.9. The van der Waals surface area contributed by atoms with Crippen molar-refractivity contribution < 1.29 is 19.4 Å². The number of rotatable bonds is 6. The van der Waals surface area contributed by atoms with Gasteiger partial charge in [-0.3, -0.25) is 4.79 Å². The molecule has 0 saturated carbocycles. The number of amides is 1. The third kappa shape index (κ3) is 4.27. The summed E-state index contributed by atoms with van der Waals surface area (Å²) in [5, 5.41) is 15.0. The minimum atomic E-state index is -1.15. The zero-order valence-electron chi connectivity index (χ0n) is 11.0. The summed E-state index contributed by atoms with van der Waals surface area (Å²) in [5.74, 6) is -1.21. The molecular weight excluding hydrogens is 236 g/mol. The molecule has 18 heavy (non-hydrogen) atoms. The Morgan fingerprint density at radius 2 is 1.94 bits per heavy atom. The van der Waals surface area contributed by atoms with Gasteiger partial charge in [-0.25, -0.2) is 4.79 Å². The average Bonchev–Trinajstić information content (AvgIpc) is 2.29. The van der Waals surface area contributed by atoms with Crippen molar-refractivity contribution in [2.24, 2.45) is 0 Å². The number of carbonyl (C=O) groups excluding carboxylic acids is 1. The van der Waals surface area contributed by atoms with E-state index in [4.69, 9.17) is 4.74 Å². The van der Waals surface area contributed by atoms with Crippen LogP contribution in [0.4, 0.5) is 0 Å². The standard InChI is InChI=1S/C12H22N2O4/c1-9(2)13-6-3-10(15)14-12(11(16)17)4-7-18-8-5-12/h9,13H,3-8H2,1-2H3,(H,14,15)(H,16,17). The van der Waals surface area contributed by atoms with Gasteiger partial charge in [-0.05, 0) is 0 Å². The maximum Gasteiger partial charge on any atom is 0.329 e. The van der Waals surface area contributed by atoms with Crippen LogP contribution in [0.3, 0.4) is 0 Å². The Kier molecular flexibility index (Phi) is 5.55. The summed E-state index contributed by atoms with van der Waals surface area (Å²) in [5.41, 5.74) is -1.15. The van der Waals surface area contributed by atoms with Gasteiger partial charge in [-0.15, -0.1) is 0 Å². The highest BCUT2D eigenvalue weighted by Gasteiger charge is 2.41. The SMILES string of the molecule is CC(C)NCCC(=O)NC1(C(=O)O)CCOCC1. The van der Waals surface area contributed by atoms with Crippen LogP contribution in [0, 0.1) is 0 Å². The van der Waals surface area contributed by atoms with Crippen molar-refractivity contribution in [3.8, 4) is 0 Å². The van der Waals surface area contributed by atoms with Crippen LogP contribution < -0.4 is 10.6 Å². The Hall–Kier alpha value is -1.14. The molecule has 1 rings (SSSR count). The summed E-state index contributed by atoms with van der Waals surface area (Å²) < 4.78 is 5.14. The molecule has 1 aliphatic heterocycles. The Balaban J connectivity index is 2.46. The van der Waals surface area contributed by atoms with E-state index in [0.29, 0.717) is 38.6 Å². The fourth-order valence-electron chi connectivity index (χ4n) is 1.92. The van der Waals surface area contributed by atoms with Crippen LogP contribution in [-0.4, -0.2) is 48.3 Å². The van der Waals surface area contributed by atoms with Gasteiger partial charge < -0.3 is 20.5 Å². The molecule has 0 atom stereocenters. The molecule has 0 spiro atoms. The van der Waals surface area contributed by atoms with E-state index in [9.17, 15) is 14.7 Å². The molecule has 1 fully saturated rings. The zero-order chi connectivity index (χ0) is 13.6. The third-order valence-corrected chi connectivity index (χ3v) is 3.04. The van der Waals surface area contributed by atoms with E-state index in [2.05, 4.69) is 10.6 Å². The molecule has 0 aliphatic carbocycles. The van der Waals surface area contributed by atoms with E-state index in [0.717, 1.165) is 0 Å². The number of hydrogen-bond acceptors (Lipinski definition) is 4. The second-order valence-electron chi connectivity index (χ2n) is 4.91. The molecule has 3 N–H and O–H groups in total. The molecule has 104 valence electrons. The van der Waals surface area contributed by atoms with E-state index in [1.807, 2.05) is 13.8 Å². The molecule has 0 aromatic heterocycles. The van der Waals surface area contributed by atoms with E-state index in [1.54, 1.807) is 0 Å². The van der Waals surface area contributed by atoms with E-state index < -0.39 is 11.5 Å². The van der Waals surface area contributed by atoms with Crippen LogP contribution in [0.25, 0.3) is 0 Å². The summed E-state index contributed by atoms with van der Waals surface area (Å²) in [6.45, 7) is 5.29. The number of aliphatic carboxylic acids is 1. The predicted molar refractivity (Wildman–Crippen MR) is 66.3 cm³/mol. The number of nitrogens with one attached hydrogen (secondary N) is 2. The van der Waals surface area contributed by atoms with Crippen molar-refractivity contribution in [1.29, 1.82) is 0 Å². The quantitative estimate of drug-likeness (QED) is 0.630. The van der Waals surface area contributed by atoms with Crippen molar-refractivity contribution in [3.05, 3.63) is 0 Å². The largest absolute Gasteiger partial charge is 0.480 e. The lowest BCUT2D eigenvalue weighted by atomic mass is 9.90. The maximum atomic E-state index is 11.7. The van der Waals surface area contributed by atoms with Gasteiger partial charge in [0.15, 0.2) is 0 Å². The molecule has 0 aromatic carbocycles. The first-order valence-electron chi connectivity index (χ1n) is 6.32. The second kappa shape index (κ2) is 6.70. The van der Waals surface area contributed by atoms with Gasteiger partial charge in [-0.2, -0.15) is 0 Å². The van der Waals surface area contributed by atoms with E-state index in [1.165, 1.54) is 0 Å². The minimum absolute atomic E-state index is 0.229. The van der Waals surface area contributed by atoms with Crippen molar-refractivity contribution >= 4 is 11.9 Å². The van der Waals surface area contributed by atoms with Crippen molar-refractivity contribution in [1.82, 2.24) is 10.6 Å². The highest BCUT2D eigenvalue weighted by atomic mass is 16.5. The summed E-state index contributed by atoms with van der Waals surface area (Å²) >= 11 is 0. The topological polar surface area (TPSA) is 87.7 Å². The molecule has 0 aromatic rings. The first-order chi connectivity index (χ1) is 8.46. The lowest BCUT2D eigenvalue weighted by molar-refractivity contribution is -0.152. The molecule has 6 heteroatoms.